The maximum atomic E-state index is 13.2. The molecule has 0 fully saturated rings. The lowest BCUT2D eigenvalue weighted by Crippen LogP contribution is -2.24. The predicted molar refractivity (Wildman–Crippen MR) is 93.5 cm³/mol. The molecule has 1 N–H and O–H groups in total. The van der Waals surface area contributed by atoms with Gasteiger partial charge in [-0.2, -0.15) is 26.3 Å². The van der Waals surface area contributed by atoms with E-state index < -0.39 is 50.9 Å². The summed E-state index contributed by atoms with van der Waals surface area (Å²) in [6.45, 7) is 1.30. The molecule has 2 aromatic carbocycles. The summed E-state index contributed by atoms with van der Waals surface area (Å²) in [4.78, 5) is 22.0. The first-order valence-corrected chi connectivity index (χ1v) is 8.67. The lowest BCUT2D eigenvalue weighted by atomic mass is 10.1. The van der Waals surface area contributed by atoms with Crippen molar-refractivity contribution in [3.05, 3.63) is 63.7 Å². The van der Waals surface area contributed by atoms with Crippen LogP contribution in [0.3, 0.4) is 0 Å². The number of rotatable bonds is 5. The number of nitrogens with one attached hydrogen (secondary N) is 1. The van der Waals surface area contributed by atoms with Crippen LogP contribution in [0.4, 0.5) is 37.7 Å². The van der Waals surface area contributed by atoms with Crippen molar-refractivity contribution in [3.8, 4) is 0 Å². The van der Waals surface area contributed by atoms with Crippen LogP contribution in [0.15, 0.2) is 47.4 Å². The van der Waals surface area contributed by atoms with E-state index >= 15 is 0 Å². The van der Waals surface area contributed by atoms with E-state index in [0.717, 1.165) is 42.1 Å². The normalized spacial score (nSPS) is 13.1. The van der Waals surface area contributed by atoms with Crippen molar-refractivity contribution < 1.29 is 36.1 Å². The van der Waals surface area contributed by atoms with Gasteiger partial charge in [-0.05, 0) is 31.2 Å². The number of benzene rings is 2. The van der Waals surface area contributed by atoms with Gasteiger partial charge in [0.1, 0.15) is 0 Å². The van der Waals surface area contributed by atoms with Crippen molar-refractivity contribution in [2.75, 3.05) is 5.32 Å². The fourth-order valence-electron chi connectivity index (χ4n) is 2.23. The third kappa shape index (κ3) is 5.86. The van der Waals surface area contributed by atoms with Crippen molar-refractivity contribution in [2.24, 2.45) is 0 Å². The highest BCUT2D eigenvalue weighted by atomic mass is 32.2. The third-order valence-electron chi connectivity index (χ3n) is 3.62. The number of carbonyl (C=O) groups is 1. The molecule has 0 saturated carbocycles. The van der Waals surface area contributed by atoms with Crippen LogP contribution in [0.1, 0.15) is 18.1 Å². The van der Waals surface area contributed by atoms with Gasteiger partial charge in [-0.25, -0.2) is 0 Å². The topological polar surface area (TPSA) is 72.2 Å². The molecule has 2 rings (SSSR count). The zero-order chi connectivity index (χ0) is 22.0. The Labute approximate surface area is 164 Å². The highest BCUT2D eigenvalue weighted by Gasteiger charge is 2.36. The smallest absolute Gasteiger partial charge is 0.325 e. The molecule has 1 amide bonds. The largest absolute Gasteiger partial charge is 0.418 e. The first kappa shape index (κ1) is 22.5. The van der Waals surface area contributed by atoms with Crippen LogP contribution in [0.2, 0.25) is 0 Å². The first-order valence-electron chi connectivity index (χ1n) is 7.79. The lowest BCUT2D eigenvalue weighted by molar-refractivity contribution is -0.385. The SMILES string of the molecule is C[C@@H](Sc1cccc(C(F)(F)F)c1)C(=O)Nc1ccc([N+](=O)[O-])cc1C(F)(F)F. The predicted octanol–water partition coefficient (Wildman–Crippen LogP) is 5.75. The summed E-state index contributed by atoms with van der Waals surface area (Å²) in [5, 5.41) is 11.7. The molecule has 1 atom stereocenters. The Morgan fingerprint density at radius 2 is 1.72 bits per heavy atom. The van der Waals surface area contributed by atoms with Gasteiger partial charge in [0.15, 0.2) is 0 Å². The average molecular weight is 438 g/mol. The summed E-state index contributed by atoms with van der Waals surface area (Å²) >= 11 is 0.721. The van der Waals surface area contributed by atoms with Gasteiger partial charge in [0.2, 0.25) is 5.91 Å². The molecule has 0 radical (unpaired) electrons. The molecule has 5 nitrogen and oxygen atoms in total. The second-order valence-corrected chi connectivity index (χ2v) is 7.17. The summed E-state index contributed by atoms with van der Waals surface area (Å²) in [6.07, 6.45) is -9.55. The van der Waals surface area contributed by atoms with E-state index in [1.54, 1.807) is 0 Å². The zero-order valence-electron chi connectivity index (χ0n) is 14.5. The Morgan fingerprint density at radius 3 is 2.28 bits per heavy atom. The number of hydrogen-bond acceptors (Lipinski definition) is 4. The van der Waals surface area contributed by atoms with Crippen LogP contribution in [-0.2, 0) is 17.1 Å². The number of anilines is 1. The molecule has 0 bridgehead atoms. The summed E-state index contributed by atoms with van der Waals surface area (Å²) in [6, 6.07) is 5.99. The van der Waals surface area contributed by atoms with Crippen LogP contribution in [-0.4, -0.2) is 16.1 Å². The second-order valence-electron chi connectivity index (χ2n) is 5.76. The van der Waals surface area contributed by atoms with E-state index in [4.69, 9.17) is 0 Å². The van der Waals surface area contributed by atoms with Crippen molar-refractivity contribution >= 4 is 29.0 Å². The van der Waals surface area contributed by atoms with E-state index in [1.165, 1.54) is 13.0 Å². The van der Waals surface area contributed by atoms with Crippen LogP contribution in [0.5, 0.6) is 0 Å². The first-order chi connectivity index (χ1) is 13.3. The lowest BCUT2D eigenvalue weighted by Gasteiger charge is -2.16. The number of amides is 1. The molecule has 29 heavy (non-hydrogen) atoms. The fourth-order valence-corrected chi connectivity index (χ4v) is 3.15. The Morgan fingerprint density at radius 1 is 1.07 bits per heavy atom. The molecule has 0 heterocycles. The van der Waals surface area contributed by atoms with Gasteiger partial charge in [-0.3, -0.25) is 14.9 Å². The summed E-state index contributed by atoms with van der Waals surface area (Å²) in [7, 11) is 0. The minimum atomic E-state index is -4.97. The Kier molecular flexibility index (Phi) is 6.46. The van der Waals surface area contributed by atoms with E-state index in [9.17, 15) is 41.3 Å². The molecular formula is C17H12F6N2O3S. The molecule has 2 aromatic rings. The molecule has 0 aliphatic carbocycles. The van der Waals surface area contributed by atoms with Gasteiger partial charge in [0, 0.05) is 17.0 Å². The number of hydrogen-bond donors (Lipinski definition) is 1. The highest BCUT2D eigenvalue weighted by molar-refractivity contribution is 8.00. The van der Waals surface area contributed by atoms with Crippen molar-refractivity contribution in [1.82, 2.24) is 0 Å². The summed E-state index contributed by atoms with van der Waals surface area (Å²) in [5.74, 6) is -0.910. The van der Waals surface area contributed by atoms with Gasteiger partial charge >= 0.3 is 12.4 Å². The Bertz CT molecular complexity index is 930. The maximum Gasteiger partial charge on any atom is 0.418 e. The maximum absolute atomic E-state index is 13.2. The van der Waals surface area contributed by atoms with E-state index in [-0.39, 0.29) is 4.90 Å². The molecule has 0 aliphatic rings. The van der Waals surface area contributed by atoms with Crippen molar-refractivity contribution in [1.29, 1.82) is 0 Å². The van der Waals surface area contributed by atoms with Crippen molar-refractivity contribution in [2.45, 2.75) is 29.4 Å². The average Bonchev–Trinajstić information content (AvgIpc) is 2.60. The minimum Gasteiger partial charge on any atom is -0.325 e. The number of nitro groups is 1. The minimum absolute atomic E-state index is 0.0993. The molecular weight excluding hydrogens is 426 g/mol. The van der Waals surface area contributed by atoms with Gasteiger partial charge in [-0.1, -0.05) is 6.07 Å². The molecule has 0 spiro atoms. The Balaban J connectivity index is 2.21. The van der Waals surface area contributed by atoms with Crippen LogP contribution >= 0.6 is 11.8 Å². The van der Waals surface area contributed by atoms with E-state index in [1.807, 2.05) is 5.32 Å². The molecule has 12 heteroatoms. The second kappa shape index (κ2) is 8.31. The van der Waals surface area contributed by atoms with Crippen molar-refractivity contribution in [3.63, 3.8) is 0 Å². The van der Waals surface area contributed by atoms with Gasteiger partial charge < -0.3 is 5.32 Å². The number of carbonyl (C=O) groups excluding carboxylic acids is 1. The number of non-ortho nitro benzene ring substituents is 1. The number of thioether (sulfide) groups is 1. The number of nitrogens with zero attached hydrogens (tertiary/aromatic N) is 1. The van der Waals surface area contributed by atoms with E-state index in [0.29, 0.717) is 6.07 Å². The van der Waals surface area contributed by atoms with Gasteiger partial charge in [-0.15, -0.1) is 11.8 Å². The number of halogens is 6. The fraction of sp³-hybridized carbons (Fsp3) is 0.235. The van der Waals surface area contributed by atoms with Crippen LogP contribution in [0, 0.1) is 10.1 Å². The standard InChI is InChI=1S/C17H12F6N2O3S/c1-9(29-12-4-2-3-10(7-12)16(18,19)20)15(26)24-14-6-5-11(25(27)28)8-13(14)17(21,22)23/h2-9H,1H3,(H,24,26)/t9-/m1/s1. The van der Waals surface area contributed by atoms with E-state index in [2.05, 4.69) is 0 Å². The molecule has 0 saturated heterocycles. The summed E-state index contributed by atoms with van der Waals surface area (Å²) < 4.78 is 77.7. The highest BCUT2D eigenvalue weighted by Crippen LogP contribution is 2.38. The summed E-state index contributed by atoms with van der Waals surface area (Å²) in [5.41, 5.74) is -3.83. The monoisotopic (exact) mass is 438 g/mol. The van der Waals surface area contributed by atoms with Gasteiger partial charge in [0.25, 0.3) is 5.69 Å². The zero-order valence-corrected chi connectivity index (χ0v) is 15.3. The molecule has 0 aliphatic heterocycles. The molecule has 0 unspecified atom stereocenters. The molecule has 0 aromatic heterocycles. The third-order valence-corrected chi connectivity index (χ3v) is 4.71. The quantitative estimate of drug-likeness (QED) is 0.279. The number of nitro benzene ring substituents is 1. The number of alkyl halides is 6. The van der Waals surface area contributed by atoms with Crippen LogP contribution < -0.4 is 5.32 Å². The Hall–Kier alpha value is -2.76. The van der Waals surface area contributed by atoms with Crippen LogP contribution in [0.25, 0.3) is 0 Å². The molecule has 156 valence electrons. The van der Waals surface area contributed by atoms with Gasteiger partial charge in [0.05, 0.1) is 27.0 Å².